The van der Waals surface area contributed by atoms with Crippen LogP contribution >= 0.6 is 0 Å². The first-order chi connectivity index (χ1) is 13.2. The number of fused-ring (bicyclic) bond motifs is 1. The largest absolute Gasteiger partial charge is 0.504 e. The van der Waals surface area contributed by atoms with Gasteiger partial charge in [0.1, 0.15) is 0 Å². The molecule has 0 aliphatic carbocycles. The molecule has 142 valence electrons. The van der Waals surface area contributed by atoms with Gasteiger partial charge in [-0.1, -0.05) is 30.3 Å². The lowest BCUT2D eigenvalue weighted by Crippen LogP contribution is -2.60. The summed E-state index contributed by atoms with van der Waals surface area (Å²) >= 11 is 0. The summed E-state index contributed by atoms with van der Waals surface area (Å²) in [5.74, 6) is 0.268. The van der Waals surface area contributed by atoms with Crippen LogP contribution in [0.2, 0.25) is 0 Å². The number of carbonyl (C=O) groups excluding carboxylic acids is 1. The van der Waals surface area contributed by atoms with Gasteiger partial charge < -0.3 is 19.5 Å². The zero-order chi connectivity index (χ0) is 18.8. The van der Waals surface area contributed by atoms with Gasteiger partial charge in [-0.3, -0.25) is 9.69 Å². The molecule has 0 aromatic heterocycles. The maximum Gasteiger partial charge on any atom is 0.254 e. The third-order valence-electron chi connectivity index (χ3n) is 5.41. The van der Waals surface area contributed by atoms with Crippen molar-refractivity contribution in [2.24, 2.45) is 0 Å². The van der Waals surface area contributed by atoms with Crippen molar-refractivity contribution in [2.45, 2.75) is 12.1 Å². The molecule has 6 heteroatoms. The maximum absolute atomic E-state index is 12.9. The molecule has 2 atom stereocenters. The van der Waals surface area contributed by atoms with Crippen molar-refractivity contribution in [2.75, 3.05) is 40.0 Å². The van der Waals surface area contributed by atoms with Crippen molar-refractivity contribution in [1.82, 2.24) is 9.80 Å². The highest BCUT2D eigenvalue weighted by Crippen LogP contribution is 2.31. The van der Waals surface area contributed by atoms with E-state index in [4.69, 9.17) is 9.47 Å². The quantitative estimate of drug-likeness (QED) is 0.901. The molecule has 2 fully saturated rings. The number of piperazine rings is 1. The lowest BCUT2D eigenvalue weighted by Gasteiger charge is -2.48. The summed E-state index contributed by atoms with van der Waals surface area (Å²) in [5, 5.41) is 9.96. The summed E-state index contributed by atoms with van der Waals surface area (Å²) in [7, 11) is 1.49. The van der Waals surface area contributed by atoms with E-state index in [1.807, 2.05) is 11.0 Å². The molecule has 1 N–H and O–H groups in total. The monoisotopic (exact) mass is 368 g/mol. The van der Waals surface area contributed by atoms with Gasteiger partial charge in [-0.25, -0.2) is 0 Å². The van der Waals surface area contributed by atoms with E-state index in [-0.39, 0.29) is 23.7 Å². The van der Waals surface area contributed by atoms with E-state index >= 15 is 0 Å². The molecule has 6 nitrogen and oxygen atoms in total. The molecule has 2 aliphatic rings. The fraction of sp³-hybridized carbons (Fsp3) is 0.381. The molecule has 2 aromatic carbocycles. The highest BCUT2D eigenvalue weighted by molar-refractivity contribution is 5.95. The van der Waals surface area contributed by atoms with Gasteiger partial charge in [0.25, 0.3) is 5.91 Å². The predicted molar refractivity (Wildman–Crippen MR) is 101 cm³/mol. The Morgan fingerprint density at radius 3 is 2.70 bits per heavy atom. The summed E-state index contributed by atoms with van der Waals surface area (Å²) in [5.41, 5.74) is 1.72. The molecule has 4 rings (SSSR count). The molecule has 1 amide bonds. The number of hydrogen-bond acceptors (Lipinski definition) is 5. The number of nitrogens with zero attached hydrogens (tertiary/aromatic N) is 2. The minimum absolute atomic E-state index is 0.0212. The van der Waals surface area contributed by atoms with Crippen molar-refractivity contribution in [1.29, 1.82) is 0 Å². The summed E-state index contributed by atoms with van der Waals surface area (Å²) in [6.45, 7) is 3.39. The van der Waals surface area contributed by atoms with Gasteiger partial charge in [-0.15, -0.1) is 0 Å². The van der Waals surface area contributed by atoms with Crippen molar-refractivity contribution in [3.8, 4) is 11.5 Å². The lowest BCUT2D eigenvalue weighted by molar-refractivity contribution is -0.0770. The van der Waals surface area contributed by atoms with Crippen molar-refractivity contribution in [3.63, 3.8) is 0 Å². The number of amides is 1. The van der Waals surface area contributed by atoms with Gasteiger partial charge in [0.2, 0.25) is 0 Å². The number of hydrogen-bond donors (Lipinski definition) is 1. The second-order valence-electron chi connectivity index (χ2n) is 6.99. The SMILES string of the molecule is COc1ccc(C(=O)N2CCN3[C@@H](COC[C@@H]3c3ccccc3)C2)cc1O. The average Bonchev–Trinajstić information content (AvgIpc) is 2.73. The molecule has 0 bridgehead atoms. The van der Waals surface area contributed by atoms with E-state index in [2.05, 4.69) is 29.2 Å². The lowest BCUT2D eigenvalue weighted by atomic mass is 10.00. The number of ether oxygens (including phenoxy) is 2. The Balaban J connectivity index is 1.48. The molecule has 0 spiro atoms. The summed E-state index contributed by atoms with van der Waals surface area (Å²) in [4.78, 5) is 17.2. The first-order valence-electron chi connectivity index (χ1n) is 9.22. The Morgan fingerprint density at radius 2 is 1.96 bits per heavy atom. The Hall–Kier alpha value is -2.57. The predicted octanol–water partition coefficient (Wildman–Crippen LogP) is 2.30. The fourth-order valence-corrected chi connectivity index (χ4v) is 3.99. The molecular weight excluding hydrogens is 344 g/mol. The molecule has 0 unspecified atom stereocenters. The standard InChI is InChI=1S/C21H24N2O4/c1-26-20-8-7-16(11-19(20)24)21(25)22-9-10-23-17(12-22)13-27-14-18(23)15-5-3-2-4-6-15/h2-8,11,17-18,24H,9-10,12-14H2,1H3/t17-,18-/m1/s1. The Kier molecular flexibility index (Phi) is 5.01. The second kappa shape index (κ2) is 7.58. The number of benzene rings is 2. The van der Waals surface area contributed by atoms with Gasteiger partial charge >= 0.3 is 0 Å². The van der Waals surface area contributed by atoms with E-state index < -0.39 is 0 Å². The first-order valence-corrected chi connectivity index (χ1v) is 9.22. The highest BCUT2D eigenvalue weighted by Gasteiger charge is 2.37. The van der Waals surface area contributed by atoms with Gasteiger partial charge in [-0.2, -0.15) is 0 Å². The zero-order valence-electron chi connectivity index (χ0n) is 15.4. The first kappa shape index (κ1) is 17.8. The van der Waals surface area contributed by atoms with Crippen molar-refractivity contribution in [3.05, 3.63) is 59.7 Å². The van der Waals surface area contributed by atoms with E-state index in [1.54, 1.807) is 12.1 Å². The molecule has 0 radical (unpaired) electrons. The van der Waals surface area contributed by atoms with Crippen molar-refractivity contribution >= 4 is 5.91 Å². The number of rotatable bonds is 3. The van der Waals surface area contributed by atoms with Crippen LogP contribution < -0.4 is 4.74 Å². The molecule has 27 heavy (non-hydrogen) atoms. The minimum Gasteiger partial charge on any atom is -0.504 e. The summed E-state index contributed by atoms with van der Waals surface area (Å²) in [6, 6.07) is 15.6. The third-order valence-corrected chi connectivity index (χ3v) is 5.41. The number of methoxy groups -OCH3 is 1. The van der Waals surface area contributed by atoms with E-state index in [1.165, 1.54) is 18.7 Å². The summed E-state index contributed by atoms with van der Waals surface area (Å²) in [6.07, 6.45) is 0. The van der Waals surface area contributed by atoms with Crippen LogP contribution in [0.25, 0.3) is 0 Å². The highest BCUT2D eigenvalue weighted by atomic mass is 16.5. The normalized spacial score (nSPS) is 22.9. The number of phenolic OH excluding ortho intramolecular Hbond substituents is 1. The third kappa shape index (κ3) is 3.50. The Labute approximate surface area is 158 Å². The maximum atomic E-state index is 12.9. The molecular formula is C21H24N2O4. The number of carbonyl (C=O) groups is 1. The smallest absolute Gasteiger partial charge is 0.254 e. The van der Waals surface area contributed by atoms with Crippen LogP contribution in [-0.2, 0) is 4.74 Å². The number of aromatic hydroxyl groups is 1. The number of morpholine rings is 1. The van der Waals surface area contributed by atoms with Crippen molar-refractivity contribution < 1.29 is 19.4 Å². The fourth-order valence-electron chi connectivity index (χ4n) is 3.99. The van der Waals surface area contributed by atoms with E-state index in [0.29, 0.717) is 37.6 Å². The van der Waals surface area contributed by atoms with Gasteiger partial charge in [0, 0.05) is 25.2 Å². The van der Waals surface area contributed by atoms with E-state index in [0.717, 1.165) is 6.54 Å². The van der Waals surface area contributed by atoms with Crippen LogP contribution in [0.5, 0.6) is 11.5 Å². The molecule has 0 saturated carbocycles. The van der Waals surface area contributed by atoms with Crippen LogP contribution in [0.4, 0.5) is 0 Å². The average molecular weight is 368 g/mol. The van der Waals surface area contributed by atoms with Crippen LogP contribution in [-0.4, -0.2) is 66.8 Å². The van der Waals surface area contributed by atoms with Crippen LogP contribution in [0.3, 0.4) is 0 Å². The second-order valence-corrected chi connectivity index (χ2v) is 6.99. The Bertz CT molecular complexity index is 811. The van der Waals surface area contributed by atoms with Crippen LogP contribution in [0.1, 0.15) is 22.0 Å². The zero-order valence-corrected chi connectivity index (χ0v) is 15.4. The molecule has 2 heterocycles. The minimum atomic E-state index is -0.0746. The van der Waals surface area contributed by atoms with Gasteiger partial charge in [-0.05, 0) is 23.8 Å². The Morgan fingerprint density at radius 1 is 1.15 bits per heavy atom. The molecule has 2 saturated heterocycles. The number of phenols is 1. The van der Waals surface area contributed by atoms with Gasteiger partial charge in [0.05, 0.1) is 32.4 Å². The molecule has 2 aromatic rings. The van der Waals surface area contributed by atoms with E-state index in [9.17, 15) is 9.90 Å². The van der Waals surface area contributed by atoms with Crippen LogP contribution in [0, 0.1) is 0 Å². The van der Waals surface area contributed by atoms with Gasteiger partial charge in [0.15, 0.2) is 11.5 Å². The molecule has 2 aliphatic heterocycles. The van der Waals surface area contributed by atoms with Crippen LogP contribution in [0.15, 0.2) is 48.5 Å². The summed E-state index contributed by atoms with van der Waals surface area (Å²) < 4.78 is 10.9. The topological polar surface area (TPSA) is 62.2 Å².